The Balaban J connectivity index is 2.83. The molecule has 0 saturated carbocycles. The van der Waals surface area contributed by atoms with Crippen molar-refractivity contribution in [1.29, 1.82) is 0 Å². The quantitative estimate of drug-likeness (QED) is 0.624. The molecule has 68 valence electrons. The Kier molecular flexibility index (Phi) is 2.41. The van der Waals surface area contributed by atoms with Crippen molar-refractivity contribution < 1.29 is 13.2 Å². The molecule has 0 aliphatic rings. The third-order valence-corrected chi connectivity index (χ3v) is 2.40. The lowest BCUT2D eigenvalue weighted by Gasteiger charge is -2.06. The minimum atomic E-state index is -4.20. The van der Waals surface area contributed by atoms with Gasteiger partial charge >= 0.3 is 5.51 Å². The van der Waals surface area contributed by atoms with E-state index in [1.807, 2.05) is 0 Å². The van der Waals surface area contributed by atoms with E-state index >= 15 is 0 Å². The molecule has 0 aliphatic carbocycles. The molecule has 12 heavy (non-hydrogen) atoms. The maximum Gasteiger partial charge on any atom is 0.447 e. The summed E-state index contributed by atoms with van der Waals surface area (Å²) >= 11 is -0.0888. The van der Waals surface area contributed by atoms with E-state index in [2.05, 4.69) is 0 Å². The Morgan fingerprint density at radius 1 is 1.33 bits per heavy atom. The third kappa shape index (κ3) is 2.20. The second-order valence-electron chi connectivity index (χ2n) is 2.42. The Morgan fingerprint density at radius 2 is 1.92 bits per heavy atom. The Morgan fingerprint density at radius 3 is 2.25 bits per heavy atom. The van der Waals surface area contributed by atoms with Crippen LogP contribution in [0.15, 0.2) is 17.2 Å². The van der Waals surface area contributed by atoms with Gasteiger partial charge in [-0.25, -0.2) is 0 Å². The van der Waals surface area contributed by atoms with Crippen LogP contribution in [0.4, 0.5) is 13.2 Å². The van der Waals surface area contributed by atoms with Crippen molar-refractivity contribution in [2.45, 2.75) is 17.5 Å². The predicted molar refractivity (Wildman–Crippen MR) is 42.1 cm³/mol. The maximum atomic E-state index is 11.9. The third-order valence-electron chi connectivity index (χ3n) is 1.55. The molecular formula is C7H8F3NS. The van der Waals surface area contributed by atoms with Gasteiger partial charge < -0.3 is 4.57 Å². The van der Waals surface area contributed by atoms with Crippen molar-refractivity contribution >= 4 is 11.8 Å². The first kappa shape index (κ1) is 9.51. The number of halogens is 3. The number of aromatic nitrogens is 1. The standard InChI is InChI=1S/C7H8F3NS/c1-5-3-4-6(11(5)2)12-7(8,9)10/h3-4H,1-2H3. The van der Waals surface area contributed by atoms with Crippen LogP contribution in [0.25, 0.3) is 0 Å². The molecule has 1 nitrogen and oxygen atoms in total. The van der Waals surface area contributed by atoms with Crippen LogP contribution in [0.5, 0.6) is 0 Å². The van der Waals surface area contributed by atoms with E-state index < -0.39 is 5.51 Å². The van der Waals surface area contributed by atoms with Gasteiger partial charge in [-0.2, -0.15) is 13.2 Å². The van der Waals surface area contributed by atoms with Gasteiger partial charge in [0, 0.05) is 24.5 Å². The number of alkyl halides is 3. The molecule has 5 heteroatoms. The molecular weight excluding hydrogens is 187 g/mol. The average Bonchev–Trinajstić information content (AvgIpc) is 2.16. The molecule has 0 saturated heterocycles. The summed E-state index contributed by atoms with van der Waals surface area (Å²) in [5.74, 6) is 0. The molecule has 0 unspecified atom stereocenters. The molecule has 0 fully saturated rings. The summed E-state index contributed by atoms with van der Waals surface area (Å²) in [6, 6.07) is 3.13. The van der Waals surface area contributed by atoms with Gasteiger partial charge in [0.2, 0.25) is 0 Å². The molecule has 0 N–H and O–H groups in total. The molecule has 1 aromatic heterocycles. The zero-order valence-electron chi connectivity index (χ0n) is 6.64. The van der Waals surface area contributed by atoms with Gasteiger partial charge in [0.25, 0.3) is 0 Å². The second kappa shape index (κ2) is 3.05. The number of rotatable bonds is 1. The van der Waals surface area contributed by atoms with E-state index in [1.54, 1.807) is 20.0 Å². The zero-order chi connectivity index (χ0) is 9.35. The van der Waals surface area contributed by atoms with Crippen molar-refractivity contribution in [3.63, 3.8) is 0 Å². The molecule has 0 spiro atoms. The van der Waals surface area contributed by atoms with Crippen molar-refractivity contribution in [1.82, 2.24) is 4.57 Å². The fourth-order valence-electron chi connectivity index (χ4n) is 0.810. The number of thioether (sulfide) groups is 1. The lowest BCUT2D eigenvalue weighted by molar-refractivity contribution is -0.0330. The fourth-order valence-corrected chi connectivity index (χ4v) is 1.46. The summed E-state index contributed by atoms with van der Waals surface area (Å²) in [7, 11) is 1.61. The predicted octanol–water partition coefficient (Wildman–Crippen LogP) is 2.95. The van der Waals surface area contributed by atoms with Crippen LogP contribution in [0.3, 0.4) is 0 Å². The lowest BCUT2D eigenvalue weighted by Crippen LogP contribution is -2.02. The van der Waals surface area contributed by atoms with Crippen molar-refractivity contribution in [3.05, 3.63) is 17.8 Å². The number of hydrogen-bond donors (Lipinski definition) is 0. The molecule has 0 amide bonds. The van der Waals surface area contributed by atoms with Gasteiger partial charge in [0.05, 0.1) is 5.03 Å². The molecule has 1 rings (SSSR count). The van der Waals surface area contributed by atoms with E-state index in [0.29, 0.717) is 0 Å². The first-order valence-corrected chi connectivity index (χ1v) is 4.10. The highest BCUT2D eigenvalue weighted by molar-refractivity contribution is 8.00. The van der Waals surface area contributed by atoms with Crippen LogP contribution >= 0.6 is 11.8 Å². The zero-order valence-corrected chi connectivity index (χ0v) is 7.46. The van der Waals surface area contributed by atoms with E-state index in [4.69, 9.17) is 0 Å². The van der Waals surface area contributed by atoms with Crippen LogP contribution in [-0.2, 0) is 7.05 Å². The SMILES string of the molecule is Cc1ccc(SC(F)(F)F)n1C. The van der Waals surface area contributed by atoms with Gasteiger partial charge in [-0.3, -0.25) is 0 Å². The highest BCUT2D eigenvalue weighted by Gasteiger charge is 2.30. The first-order chi connectivity index (χ1) is 5.40. The molecule has 0 bridgehead atoms. The van der Waals surface area contributed by atoms with Crippen LogP contribution in [-0.4, -0.2) is 10.1 Å². The fraction of sp³-hybridized carbons (Fsp3) is 0.429. The van der Waals surface area contributed by atoms with Crippen LogP contribution < -0.4 is 0 Å². The van der Waals surface area contributed by atoms with Gasteiger partial charge in [-0.05, 0) is 19.1 Å². The van der Waals surface area contributed by atoms with E-state index in [1.165, 1.54) is 10.6 Å². The molecule has 0 aliphatic heterocycles. The Labute approximate surface area is 72.6 Å². The molecule has 1 heterocycles. The van der Waals surface area contributed by atoms with E-state index in [-0.39, 0.29) is 16.8 Å². The summed E-state index contributed by atoms with van der Waals surface area (Å²) in [4.78, 5) is 0. The first-order valence-electron chi connectivity index (χ1n) is 3.28. The summed E-state index contributed by atoms with van der Waals surface area (Å²) < 4.78 is 37.2. The Bertz CT molecular complexity index is 277. The Hall–Kier alpha value is -0.580. The van der Waals surface area contributed by atoms with Crippen LogP contribution in [0.1, 0.15) is 5.69 Å². The topological polar surface area (TPSA) is 4.93 Å². The summed E-state index contributed by atoms with van der Waals surface area (Å²) in [5, 5.41) is 0.222. The van der Waals surface area contributed by atoms with Crippen LogP contribution in [0.2, 0.25) is 0 Å². The van der Waals surface area contributed by atoms with Crippen molar-refractivity contribution in [2.75, 3.05) is 0 Å². The number of nitrogens with zero attached hydrogens (tertiary/aromatic N) is 1. The molecule has 0 radical (unpaired) electrons. The molecule has 1 aromatic rings. The van der Waals surface area contributed by atoms with E-state index in [0.717, 1.165) is 5.69 Å². The molecule has 0 atom stereocenters. The molecule has 0 aromatic carbocycles. The van der Waals surface area contributed by atoms with Gasteiger partial charge in [-0.15, -0.1) is 0 Å². The summed E-state index contributed by atoms with van der Waals surface area (Å²) in [6.45, 7) is 1.76. The second-order valence-corrected chi connectivity index (χ2v) is 3.51. The average molecular weight is 195 g/mol. The largest absolute Gasteiger partial charge is 0.447 e. The van der Waals surface area contributed by atoms with E-state index in [9.17, 15) is 13.2 Å². The van der Waals surface area contributed by atoms with Gasteiger partial charge in [0.1, 0.15) is 0 Å². The van der Waals surface area contributed by atoms with Crippen molar-refractivity contribution in [3.8, 4) is 0 Å². The highest BCUT2D eigenvalue weighted by Crippen LogP contribution is 2.37. The summed E-state index contributed by atoms with van der Waals surface area (Å²) in [6.07, 6.45) is 0. The van der Waals surface area contributed by atoms with Crippen LogP contribution in [0, 0.1) is 6.92 Å². The van der Waals surface area contributed by atoms with Crippen molar-refractivity contribution in [2.24, 2.45) is 7.05 Å². The number of hydrogen-bond acceptors (Lipinski definition) is 1. The van der Waals surface area contributed by atoms with Gasteiger partial charge in [0.15, 0.2) is 0 Å². The lowest BCUT2D eigenvalue weighted by atomic mass is 10.5. The number of aryl methyl sites for hydroxylation is 1. The van der Waals surface area contributed by atoms with Gasteiger partial charge in [-0.1, -0.05) is 0 Å². The smallest absolute Gasteiger partial charge is 0.343 e. The minimum absolute atomic E-state index is 0.0888. The summed E-state index contributed by atoms with van der Waals surface area (Å²) in [5.41, 5.74) is -3.37. The highest BCUT2D eigenvalue weighted by atomic mass is 32.2. The normalized spacial score (nSPS) is 12.1. The maximum absolute atomic E-state index is 11.9. The monoisotopic (exact) mass is 195 g/mol. The minimum Gasteiger partial charge on any atom is -0.343 e.